The molecule has 8 amide bonds. The molecule has 4 rings (SSSR count). The zero-order chi connectivity index (χ0) is 31.8. The van der Waals surface area contributed by atoms with Crippen LogP contribution in [-0.2, 0) is 38.1 Å². The smallest absolute Gasteiger partial charge is 0.417 e. The molecular formula is C24H36N4O12. The Hall–Kier alpha value is -4.24. The van der Waals surface area contributed by atoms with Crippen LogP contribution in [0.4, 0.5) is 19.2 Å². The van der Waals surface area contributed by atoms with Gasteiger partial charge in [-0.05, 0) is 55.4 Å². The van der Waals surface area contributed by atoms with Crippen LogP contribution < -0.4 is 0 Å². The van der Waals surface area contributed by atoms with Gasteiger partial charge in [0, 0.05) is 28.2 Å². The first-order chi connectivity index (χ1) is 17.8. The monoisotopic (exact) mass is 572 g/mol. The van der Waals surface area contributed by atoms with Crippen LogP contribution in [0.5, 0.6) is 0 Å². The van der Waals surface area contributed by atoms with Crippen LogP contribution in [0.2, 0.25) is 0 Å². The van der Waals surface area contributed by atoms with Crippen molar-refractivity contribution in [2.45, 2.75) is 77.8 Å². The number of imide groups is 4. The third-order valence-electron chi connectivity index (χ3n) is 5.74. The number of hydrogen-bond acceptors (Lipinski definition) is 12. The minimum Gasteiger partial charge on any atom is -0.433 e. The van der Waals surface area contributed by atoms with Gasteiger partial charge in [-0.25, -0.2) is 38.8 Å². The van der Waals surface area contributed by atoms with E-state index in [0.29, 0.717) is 0 Å². The first-order valence-electron chi connectivity index (χ1n) is 11.8. The van der Waals surface area contributed by atoms with Gasteiger partial charge in [-0.1, -0.05) is 0 Å². The highest BCUT2D eigenvalue weighted by molar-refractivity contribution is 6.03. The maximum absolute atomic E-state index is 11.0. The molecule has 0 spiro atoms. The lowest BCUT2D eigenvalue weighted by atomic mass is 10.1. The topological polar surface area (TPSA) is 186 Å². The first-order valence-corrected chi connectivity index (χ1v) is 11.8. The molecular weight excluding hydrogens is 536 g/mol. The molecule has 0 bridgehead atoms. The summed E-state index contributed by atoms with van der Waals surface area (Å²) in [5.74, 6) is -1.18. The molecule has 0 aromatic carbocycles. The molecule has 224 valence electrons. The third kappa shape index (κ3) is 7.04. The van der Waals surface area contributed by atoms with Crippen molar-refractivity contribution < 1.29 is 57.3 Å². The van der Waals surface area contributed by atoms with Gasteiger partial charge >= 0.3 is 24.4 Å². The Morgan fingerprint density at radius 3 is 0.500 bits per heavy atom. The fourth-order valence-corrected chi connectivity index (χ4v) is 3.27. The second kappa shape index (κ2) is 11.1. The number of carbonyl (C=O) groups is 8. The Balaban J connectivity index is 0.000000267. The van der Waals surface area contributed by atoms with E-state index in [-0.39, 0.29) is 23.6 Å². The van der Waals surface area contributed by atoms with E-state index in [9.17, 15) is 38.4 Å². The van der Waals surface area contributed by atoms with Crippen molar-refractivity contribution in [3.8, 4) is 0 Å². The third-order valence-corrected chi connectivity index (χ3v) is 5.74. The van der Waals surface area contributed by atoms with Crippen molar-refractivity contribution in [3.63, 3.8) is 0 Å². The Morgan fingerprint density at radius 2 is 0.475 bits per heavy atom. The molecule has 4 fully saturated rings. The van der Waals surface area contributed by atoms with Crippen LogP contribution in [-0.4, -0.2) is 118 Å². The van der Waals surface area contributed by atoms with E-state index in [4.69, 9.17) is 18.9 Å². The average molecular weight is 573 g/mol. The van der Waals surface area contributed by atoms with E-state index in [1.807, 2.05) is 0 Å². The van der Waals surface area contributed by atoms with Gasteiger partial charge < -0.3 is 18.9 Å². The molecule has 0 aliphatic carbocycles. The standard InChI is InChI=1S/4C6H9NO3/c4*1-6(2)4(8)7(3)5(9)10-6/h4*1-3H3. The molecule has 4 aliphatic heterocycles. The zero-order valence-electron chi connectivity index (χ0n) is 24.7. The summed E-state index contributed by atoms with van der Waals surface area (Å²) in [6, 6.07) is 0. The molecule has 0 unspecified atom stereocenters. The lowest BCUT2D eigenvalue weighted by molar-refractivity contribution is -0.134. The van der Waals surface area contributed by atoms with Crippen LogP contribution in [0.3, 0.4) is 0 Å². The summed E-state index contributed by atoms with van der Waals surface area (Å²) in [5.41, 5.74) is -3.87. The number of ether oxygens (including phenoxy) is 4. The molecule has 40 heavy (non-hydrogen) atoms. The molecule has 4 heterocycles. The van der Waals surface area contributed by atoms with E-state index in [0.717, 1.165) is 19.6 Å². The molecule has 0 aromatic heterocycles. The van der Waals surface area contributed by atoms with E-state index in [1.54, 1.807) is 55.4 Å². The van der Waals surface area contributed by atoms with Gasteiger partial charge in [-0.2, -0.15) is 0 Å². The highest BCUT2D eigenvalue weighted by atomic mass is 16.6. The lowest BCUT2D eigenvalue weighted by Crippen LogP contribution is -2.33. The average Bonchev–Trinajstić information content (AvgIpc) is 3.28. The summed E-state index contributed by atoms with van der Waals surface area (Å²) in [5, 5.41) is 0. The Labute approximate surface area is 231 Å². The summed E-state index contributed by atoms with van der Waals surface area (Å²) in [6.07, 6.45) is -2.30. The summed E-state index contributed by atoms with van der Waals surface area (Å²) in [6.45, 7) is 12.5. The molecule has 0 N–H and O–H groups in total. The first kappa shape index (κ1) is 33.8. The van der Waals surface area contributed by atoms with Crippen molar-refractivity contribution in [1.29, 1.82) is 0 Å². The highest BCUT2D eigenvalue weighted by Gasteiger charge is 2.47. The summed E-state index contributed by atoms with van der Waals surface area (Å²) in [4.78, 5) is 90.7. The number of cyclic esters (lactones) is 4. The summed E-state index contributed by atoms with van der Waals surface area (Å²) < 4.78 is 18.8. The molecule has 16 heteroatoms. The lowest BCUT2D eigenvalue weighted by Gasteiger charge is -2.10. The van der Waals surface area contributed by atoms with Crippen LogP contribution >= 0.6 is 0 Å². The molecule has 0 atom stereocenters. The van der Waals surface area contributed by atoms with Gasteiger partial charge in [0.05, 0.1) is 0 Å². The van der Waals surface area contributed by atoms with Gasteiger partial charge in [0.25, 0.3) is 23.6 Å². The predicted octanol–water partition coefficient (Wildman–Crippen LogP) is 1.49. The maximum atomic E-state index is 11.0. The summed E-state index contributed by atoms with van der Waals surface area (Å²) in [7, 11) is 5.61. The second-order valence-corrected chi connectivity index (χ2v) is 11.0. The van der Waals surface area contributed by atoms with Crippen LogP contribution in [0.1, 0.15) is 55.4 Å². The molecule has 0 aromatic rings. The zero-order valence-corrected chi connectivity index (χ0v) is 24.7. The fraction of sp³-hybridized carbons (Fsp3) is 0.667. The fourth-order valence-electron chi connectivity index (χ4n) is 3.27. The van der Waals surface area contributed by atoms with Crippen molar-refractivity contribution in [3.05, 3.63) is 0 Å². The van der Waals surface area contributed by atoms with Crippen molar-refractivity contribution in [1.82, 2.24) is 19.6 Å². The molecule has 4 saturated heterocycles. The van der Waals surface area contributed by atoms with E-state index < -0.39 is 46.8 Å². The van der Waals surface area contributed by atoms with Crippen LogP contribution in [0, 0.1) is 0 Å². The van der Waals surface area contributed by atoms with E-state index in [1.165, 1.54) is 28.2 Å². The van der Waals surface area contributed by atoms with Crippen LogP contribution in [0.15, 0.2) is 0 Å². The Morgan fingerprint density at radius 1 is 0.350 bits per heavy atom. The van der Waals surface area contributed by atoms with Crippen molar-refractivity contribution in [2.75, 3.05) is 28.2 Å². The predicted molar refractivity (Wildman–Crippen MR) is 133 cm³/mol. The molecule has 4 aliphatic rings. The van der Waals surface area contributed by atoms with Crippen molar-refractivity contribution in [2.24, 2.45) is 0 Å². The highest BCUT2D eigenvalue weighted by Crippen LogP contribution is 2.23. The number of amides is 8. The van der Waals surface area contributed by atoms with Gasteiger partial charge in [0.2, 0.25) is 0 Å². The Bertz CT molecular complexity index is 965. The largest absolute Gasteiger partial charge is 0.433 e. The minimum absolute atomic E-state index is 0.294. The number of nitrogens with zero attached hydrogens (tertiary/aromatic N) is 4. The number of hydrogen-bond donors (Lipinski definition) is 0. The van der Waals surface area contributed by atoms with E-state index >= 15 is 0 Å². The minimum atomic E-state index is -0.966. The molecule has 0 saturated carbocycles. The van der Waals surface area contributed by atoms with Gasteiger partial charge in [-0.3, -0.25) is 19.2 Å². The maximum Gasteiger partial charge on any atom is 0.417 e. The number of rotatable bonds is 0. The van der Waals surface area contributed by atoms with Gasteiger partial charge in [0.1, 0.15) is 0 Å². The molecule has 16 nitrogen and oxygen atoms in total. The molecule has 0 radical (unpaired) electrons. The number of likely N-dealkylation sites (N-methyl/N-ethyl adjacent to an activating group) is 4. The van der Waals surface area contributed by atoms with E-state index in [2.05, 4.69) is 0 Å². The normalized spacial score (nSPS) is 23.3. The SMILES string of the molecule is CN1C(=O)OC(C)(C)C1=O.CN1C(=O)OC(C)(C)C1=O.CN1C(=O)OC(C)(C)C1=O.CN1C(=O)OC(C)(C)C1=O. The second-order valence-electron chi connectivity index (χ2n) is 11.0. The summed E-state index contributed by atoms with van der Waals surface area (Å²) >= 11 is 0. The van der Waals surface area contributed by atoms with Gasteiger partial charge in [-0.15, -0.1) is 0 Å². The quantitative estimate of drug-likeness (QED) is 0.381. The number of carbonyl (C=O) groups excluding carboxylic acids is 8. The van der Waals surface area contributed by atoms with Crippen molar-refractivity contribution >= 4 is 48.0 Å². The Kier molecular flexibility index (Phi) is 9.37. The van der Waals surface area contributed by atoms with Gasteiger partial charge in [0.15, 0.2) is 22.4 Å². The van der Waals surface area contributed by atoms with Crippen LogP contribution in [0.25, 0.3) is 0 Å².